The minimum atomic E-state index is -1.01. The summed E-state index contributed by atoms with van der Waals surface area (Å²) in [6, 6.07) is 11.8. The smallest absolute Gasteiger partial charge is 0.0513 e. The molecule has 0 saturated carbocycles. The largest absolute Gasteiger partial charge is 0.381 e. The predicted octanol–water partition coefficient (Wildman–Crippen LogP) is 5.22. The molecule has 0 bridgehead atoms. The molecule has 0 N–H and O–H groups in total. The molecule has 0 unspecified atom stereocenters. The van der Waals surface area contributed by atoms with Gasteiger partial charge in [-0.25, -0.2) is 0 Å². The van der Waals surface area contributed by atoms with E-state index in [0.717, 1.165) is 19.6 Å². The summed E-state index contributed by atoms with van der Waals surface area (Å²) < 4.78 is 5.92. The second kappa shape index (κ2) is 7.63. The van der Waals surface area contributed by atoms with Crippen LogP contribution in [-0.4, -0.2) is 26.2 Å². The Morgan fingerprint density at radius 2 is 1.75 bits per heavy atom. The minimum Gasteiger partial charge on any atom is -0.381 e. The highest BCUT2D eigenvalue weighted by molar-refractivity contribution is 6.76. The van der Waals surface area contributed by atoms with Crippen LogP contribution >= 0.6 is 11.6 Å². The summed E-state index contributed by atoms with van der Waals surface area (Å²) >= 11 is 6.55. The normalized spacial score (nSPS) is 14.3. The van der Waals surface area contributed by atoms with Gasteiger partial charge < -0.3 is 4.74 Å². The SMILES string of the molecule is CC(C)(Cl)[C@H](COCC[Si](C)(C)C)Cc1ccccc1. The molecule has 0 aromatic heterocycles. The van der Waals surface area contributed by atoms with Crippen LogP contribution in [-0.2, 0) is 11.2 Å². The van der Waals surface area contributed by atoms with Crippen molar-refractivity contribution in [1.29, 1.82) is 0 Å². The lowest BCUT2D eigenvalue weighted by Gasteiger charge is -2.29. The van der Waals surface area contributed by atoms with Gasteiger partial charge in [0.2, 0.25) is 0 Å². The molecule has 1 atom stereocenters. The minimum absolute atomic E-state index is 0.241. The van der Waals surface area contributed by atoms with Crippen molar-refractivity contribution in [3.05, 3.63) is 35.9 Å². The Labute approximate surface area is 130 Å². The summed E-state index contributed by atoms with van der Waals surface area (Å²) in [4.78, 5) is -0.241. The van der Waals surface area contributed by atoms with E-state index in [9.17, 15) is 0 Å². The van der Waals surface area contributed by atoms with E-state index in [-0.39, 0.29) is 4.87 Å². The lowest BCUT2D eigenvalue weighted by atomic mass is 9.89. The van der Waals surface area contributed by atoms with Crippen molar-refractivity contribution in [2.24, 2.45) is 5.92 Å². The van der Waals surface area contributed by atoms with Gasteiger partial charge in [0.05, 0.1) is 6.61 Å². The summed E-state index contributed by atoms with van der Waals surface area (Å²) in [7, 11) is -1.01. The number of alkyl halides is 1. The number of rotatable bonds is 8. The van der Waals surface area contributed by atoms with Crippen molar-refractivity contribution in [1.82, 2.24) is 0 Å². The van der Waals surface area contributed by atoms with Crippen LogP contribution in [0.2, 0.25) is 25.7 Å². The van der Waals surface area contributed by atoms with Gasteiger partial charge in [-0.15, -0.1) is 11.6 Å². The molecule has 0 amide bonds. The zero-order valence-electron chi connectivity index (χ0n) is 13.6. The zero-order chi connectivity index (χ0) is 15.2. The molecule has 0 fully saturated rings. The maximum absolute atomic E-state index is 6.55. The first kappa shape index (κ1) is 17.7. The maximum atomic E-state index is 6.55. The number of hydrogen-bond donors (Lipinski definition) is 0. The highest BCUT2D eigenvalue weighted by Crippen LogP contribution is 2.28. The fraction of sp³-hybridized carbons (Fsp3) is 0.647. The molecular formula is C17H29ClOSi. The molecule has 0 heterocycles. The van der Waals surface area contributed by atoms with E-state index in [0.29, 0.717) is 5.92 Å². The number of benzene rings is 1. The van der Waals surface area contributed by atoms with E-state index in [4.69, 9.17) is 16.3 Å². The van der Waals surface area contributed by atoms with Gasteiger partial charge in [-0.2, -0.15) is 0 Å². The first-order valence-corrected chi connectivity index (χ1v) is 11.6. The Morgan fingerprint density at radius 3 is 2.25 bits per heavy atom. The molecule has 1 aromatic carbocycles. The highest BCUT2D eigenvalue weighted by atomic mass is 35.5. The zero-order valence-corrected chi connectivity index (χ0v) is 15.3. The van der Waals surface area contributed by atoms with Crippen molar-refractivity contribution >= 4 is 19.7 Å². The summed E-state index contributed by atoms with van der Waals surface area (Å²) in [5.41, 5.74) is 1.33. The van der Waals surface area contributed by atoms with Crippen LogP contribution in [0.4, 0.5) is 0 Å². The van der Waals surface area contributed by atoms with Crippen molar-refractivity contribution in [2.45, 2.75) is 50.8 Å². The Kier molecular flexibility index (Phi) is 6.76. The van der Waals surface area contributed by atoms with E-state index in [1.807, 2.05) is 0 Å². The first-order chi connectivity index (χ1) is 9.18. The van der Waals surface area contributed by atoms with E-state index in [1.54, 1.807) is 0 Å². The van der Waals surface area contributed by atoms with Gasteiger partial charge in [-0.3, -0.25) is 0 Å². The average Bonchev–Trinajstić information content (AvgIpc) is 2.32. The number of halogens is 1. The van der Waals surface area contributed by atoms with Crippen LogP contribution in [0.5, 0.6) is 0 Å². The molecule has 20 heavy (non-hydrogen) atoms. The fourth-order valence-corrected chi connectivity index (χ4v) is 2.90. The van der Waals surface area contributed by atoms with Gasteiger partial charge in [0.25, 0.3) is 0 Å². The van der Waals surface area contributed by atoms with Crippen molar-refractivity contribution in [3.63, 3.8) is 0 Å². The maximum Gasteiger partial charge on any atom is 0.0513 e. The van der Waals surface area contributed by atoms with Crippen LogP contribution in [0, 0.1) is 5.92 Å². The van der Waals surface area contributed by atoms with Gasteiger partial charge in [-0.05, 0) is 31.9 Å². The van der Waals surface area contributed by atoms with E-state index >= 15 is 0 Å². The third-order valence-electron chi connectivity index (χ3n) is 3.61. The molecule has 0 aliphatic heterocycles. The van der Waals surface area contributed by atoms with Crippen LogP contribution in [0.15, 0.2) is 30.3 Å². The summed E-state index contributed by atoms with van der Waals surface area (Å²) in [6.45, 7) is 12.9. The molecule has 0 aliphatic carbocycles. The second-order valence-electron chi connectivity index (χ2n) is 7.34. The summed E-state index contributed by atoms with van der Waals surface area (Å²) in [6.07, 6.45) is 0.976. The Morgan fingerprint density at radius 1 is 1.15 bits per heavy atom. The summed E-state index contributed by atoms with van der Waals surface area (Å²) in [5.74, 6) is 0.341. The van der Waals surface area contributed by atoms with Crippen LogP contribution in [0.1, 0.15) is 19.4 Å². The van der Waals surface area contributed by atoms with Gasteiger partial charge in [0.1, 0.15) is 0 Å². The van der Waals surface area contributed by atoms with Crippen molar-refractivity contribution in [2.75, 3.05) is 13.2 Å². The van der Waals surface area contributed by atoms with Crippen LogP contribution in [0.25, 0.3) is 0 Å². The van der Waals surface area contributed by atoms with E-state index < -0.39 is 8.07 Å². The predicted molar refractivity (Wildman–Crippen MR) is 92.5 cm³/mol. The van der Waals surface area contributed by atoms with Gasteiger partial charge in [0, 0.05) is 25.5 Å². The lowest BCUT2D eigenvalue weighted by Crippen LogP contribution is -2.32. The Hall–Kier alpha value is -0.313. The number of ether oxygens (including phenoxy) is 1. The molecule has 1 nitrogen and oxygen atoms in total. The van der Waals surface area contributed by atoms with E-state index in [2.05, 4.69) is 63.8 Å². The third kappa shape index (κ3) is 7.46. The molecule has 0 spiro atoms. The topological polar surface area (TPSA) is 9.23 Å². The number of hydrogen-bond acceptors (Lipinski definition) is 1. The second-order valence-corrected chi connectivity index (χ2v) is 13.9. The van der Waals surface area contributed by atoms with E-state index in [1.165, 1.54) is 11.6 Å². The quantitative estimate of drug-likeness (QED) is 0.363. The molecule has 0 radical (unpaired) electrons. The summed E-state index contributed by atoms with van der Waals surface area (Å²) in [5, 5.41) is 0. The van der Waals surface area contributed by atoms with Crippen molar-refractivity contribution in [3.8, 4) is 0 Å². The molecule has 0 aliphatic rings. The standard InChI is InChI=1S/C17H29ClOSi/c1-17(2,18)16(13-15-9-7-6-8-10-15)14-19-11-12-20(3,4)5/h6-10,16H,11-14H2,1-5H3/t16-/m0/s1. The van der Waals surface area contributed by atoms with Crippen molar-refractivity contribution < 1.29 is 4.74 Å². The Bertz CT molecular complexity index is 378. The average molecular weight is 313 g/mol. The van der Waals surface area contributed by atoms with Crippen LogP contribution in [0.3, 0.4) is 0 Å². The first-order valence-electron chi connectivity index (χ1n) is 7.49. The fourth-order valence-electron chi connectivity index (χ4n) is 2.00. The monoisotopic (exact) mass is 312 g/mol. The lowest BCUT2D eigenvalue weighted by molar-refractivity contribution is 0.0973. The molecule has 1 aromatic rings. The Balaban J connectivity index is 2.50. The molecular weight excluding hydrogens is 284 g/mol. The van der Waals surface area contributed by atoms with Gasteiger partial charge >= 0.3 is 0 Å². The van der Waals surface area contributed by atoms with Gasteiger partial charge in [0.15, 0.2) is 0 Å². The molecule has 0 saturated heterocycles. The van der Waals surface area contributed by atoms with Gasteiger partial charge in [-0.1, -0.05) is 50.0 Å². The molecule has 114 valence electrons. The highest BCUT2D eigenvalue weighted by Gasteiger charge is 2.27. The third-order valence-corrected chi connectivity index (χ3v) is 5.62. The molecule has 1 rings (SSSR count). The molecule has 3 heteroatoms. The van der Waals surface area contributed by atoms with Crippen LogP contribution < -0.4 is 0 Å².